The number of nitrogens with zero attached hydrogens (tertiary/aromatic N) is 2. The van der Waals surface area contributed by atoms with E-state index in [9.17, 15) is 4.79 Å². The maximum atomic E-state index is 12.6. The fraction of sp³-hybridized carbons (Fsp3) is 0.300. The first-order valence-corrected chi connectivity index (χ1v) is 9.92. The quantitative estimate of drug-likeness (QED) is 0.687. The van der Waals surface area contributed by atoms with E-state index in [1.807, 2.05) is 24.3 Å². The van der Waals surface area contributed by atoms with E-state index in [1.165, 1.54) is 11.3 Å². The zero-order chi connectivity index (χ0) is 19.5. The number of fused-ring (bicyclic) bond motifs is 1. The van der Waals surface area contributed by atoms with Gasteiger partial charge in [0.05, 0.1) is 30.7 Å². The smallest absolute Gasteiger partial charge is 0.257 e. The second kappa shape index (κ2) is 8.14. The molecule has 2 aromatic carbocycles. The molecule has 7 nitrogen and oxygen atoms in total. The predicted octanol–water partition coefficient (Wildman–Crippen LogP) is 2.85. The van der Waals surface area contributed by atoms with Gasteiger partial charge in [-0.3, -0.25) is 10.1 Å². The Hall–Kier alpha value is -2.68. The van der Waals surface area contributed by atoms with Gasteiger partial charge in [0.1, 0.15) is 11.3 Å². The first-order chi connectivity index (χ1) is 13.7. The second-order valence-electron chi connectivity index (χ2n) is 6.44. The summed E-state index contributed by atoms with van der Waals surface area (Å²) in [5, 5.41) is 3.45. The van der Waals surface area contributed by atoms with Gasteiger partial charge in [-0.05, 0) is 29.8 Å². The van der Waals surface area contributed by atoms with Gasteiger partial charge in [-0.25, -0.2) is 4.98 Å². The minimum absolute atomic E-state index is 0.200. The molecule has 0 spiro atoms. The molecular formula is C20H22N4O3S. The summed E-state index contributed by atoms with van der Waals surface area (Å²) in [6.45, 7) is 3.51. The second-order valence-corrected chi connectivity index (χ2v) is 7.44. The number of hydrogen-bond acceptors (Lipinski definition) is 7. The van der Waals surface area contributed by atoms with Crippen molar-refractivity contribution in [2.24, 2.45) is 5.73 Å². The number of benzene rings is 2. The lowest BCUT2D eigenvalue weighted by Crippen LogP contribution is -2.36. The minimum Gasteiger partial charge on any atom is -0.494 e. The van der Waals surface area contributed by atoms with Crippen LogP contribution in [0.3, 0.4) is 0 Å². The van der Waals surface area contributed by atoms with Crippen LogP contribution >= 0.6 is 11.3 Å². The van der Waals surface area contributed by atoms with Gasteiger partial charge in [-0.15, -0.1) is 0 Å². The third-order valence-electron chi connectivity index (χ3n) is 4.73. The molecule has 1 fully saturated rings. The summed E-state index contributed by atoms with van der Waals surface area (Å²) >= 11 is 1.45. The number of ether oxygens (including phenoxy) is 2. The molecule has 1 saturated heterocycles. The molecule has 0 bridgehead atoms. The van der Waals surface area contributed by atoms with Gasteiger partial charge in [0.25, 0.3) is 5.91 Å². The van der Waals surface area contributed by atoms with Gasteiger partial charge in [0.2, 0.25) is 0 Å². The number of anilines is 2. The number of carbonyl (C=O) groups excluding carboxylic acids is 1. The molecule has 1 aliphatic heterocycles. The van der Waals surface area contributed by atoms with Crippen molar-refractivity contribution in [1.29, 1.82) is 0 Å². The van der Waals surface area contributed by atoms with Crippen molar-refractivity contribution in [1.82, 2.24) is 4.98 Å². The van der Waals surface area contributed by atoms with E-state index in [2.05, 4.69) is 15.2 Å². The Morgan fingerprint density at radius 3 is 2.68 bits per heavy atom. The Balaban J connectivity index is 1.64. The summed E-state index contributed by atoms with van der Waals surface area (Å²) in [7, 11) is 1.62. The molecule has 1 aromatic heterocycles. The lowest BCUT2D eigenvalue weighted by Gasteiger charge is -2.29. The van der Waals surface area contributed by atoms with Crippen LogP contribution in [0.15, 0.2) is 36.4 Å². The summed E-state index contributed by atoms with van der Waals surface area (Å²) in [6, 6.07) is 11.2. The first-order valence-electron chi connectivity index (χ1n) is 9.10. The number of nitrogens with one attached hydrogen (secondary N) is 1. The molecule has 8 heteroatoms. The highest BCUT2D eigenvalue weighted by atomic mass is 32.1. The maximum Gasteiger partial charge on any atom is 0.257 e. The molecule has 28 heavy (non-hydrogen) atoms. The zero-order valence-corrected chi connectivity index (χ0v) is 16.4. The maximum absolute atomic E-state index is 12.6. The summed E-state index contributed by atoms with van der Waals surface area (Å²) in [6.07, 6.45) is 0. The summed E-state index contributed by atoms with van der Waals surface area (Å²) in [5.74, 6) is 0.491. The van der Waals surface area contributed by atoms with Crippen LogP contribution in [0, 0.1) is 0 Å². The molecule has 146 valence electrons. The van der Waals surface area contributed by atoms with E-state index in [0.29, 0.717) is 36.2 Å². The fourth-order valence-corrected chi connectivity index (χ4v) is 4.22. The molecule has 0 radical (unpaired) electrons. The van der Waals surface area contributed by atoms with E-state index < -0.39 is 0 Å². The predicted molar refractivity (Wildman–Crippen MR) is 111 cm³/mol. The first kappa shape index (κ1) is 18.7. The largest absolute Gasteiger partial charge is 0.494 e. The number of nitrogens with two attached hydrogens (primary N) is 1. The topological polar surface area (TPSA) is 89.7 Å². The Kier molecular flexibility index (Phi) is 5.43. The number of methoxy groups -OCH3 is 1. The normalized spacial score (nSPS) is 14.3. The Morgan fingerprint density at radius 1 is 1.25 bits per heavy atom. The van der Waals surface area contributed by atoms with Crippen LogP contribution in [0.4, 0.5) is 10.8 Å². The fourth-order valence-electron chi connectivity index (χ4n) is 3.20. The van der Waals surface area contributed by atoms with E-state index >= 15 is 0 Å². The number of hydrogen-bond donors (Lipinski definition) is 2. The third-order valence-corrected chi connectivity index (χ3v) is 5.72. The number of morpholine rings is 1. The molecule has 1 aliphatic rings. The summed E-state index contributed by atoms with van der Waals surface area (Å²) < 4.78 is 11.9. The van der Waals surface area contributed by atoms with Gasteiger partial charge in [0.15, 0.2) is 5.13 Å². The zero-order valence-electron chi connectivity index (χ0n) is 15.6. The molecule has 2 heterocycles. The Labute approximate surface area is 167 Å². The number of thiazole rings is 1. The molecular weight excluding hydrogens is 376 g/mol. The monoisotopic (exact) mass is 398 g/mol. The highest BCUT2D eigenvalue weighted by molar-refractivity contribution is 7.23. The molecule has 0 unspecified atom stereocenters. The van der Waals surface area contributed by atoms with Crippen molar-refractivity contribution < 1.29 is 14.3 Å². The van der Waals surface area contributed by atoms with Crippen molar-refractivity contribution >= 4 is 38.3 Å². The summed E-state index contributed by atoms with van der Waals surface area (Å²) in [4.78, 5) is 19.5. The van der Waals surface area contributed by atoms with E-state index in [1.54, 1.807) is 19.2 Å². The minimum atomic E-state index is -0.200. The lowest BCUT2D eigenvalue weighted by molar-refractivity contribution is 0.102. The average molecular weight is 398 g/mol. The van der Waals surface area contributed by atoms with Crippen molar-refractivity contribution in [3.63, 3.8) is 0 Å². The highest BCUT2D eigenvalue weighted by Crippen LogP contribution is 2.39. The van der Waals surface area contributed by atoms with Crippen LogP contribution in [0.25, 0.3) is 10.2 Å². The number of rotatable bonds is 5. The molecule has 4 rings (SSSR count). The van der Waals surface area contributed by atoms with Gasteiger partial charge in [0, 0.05) is 25.2 Å². The van der Waals surface area contributed by atoms with Crippen LogP contribution in [0.2, 0.25) is 0 Å². The average Bonchev–Trinajstić information content (AvgIpc) is 3.17. The molecule has 0 saturated carbocycles. The van der Waals surface area contributed by atoms with Crippen LogP contribution in [0.1, 0.15) is 15.9 Å². The standard InChI is InChI=1S/C20H22N4O3S/c1-26-16-7-6-15(24-8-10-27-11-9-24)18-17(16)22-20(28-18)23-19(25)14-4-2-13(12-21)3-5-14/h2-7H,8-12,21H2,1H3,(H,22,23,25). The number of carbonyl (C=O) groups is 1. The van der Waals surface area contributed by atoms with Crippen LogP contribution in [-0.2, 0) is 11.3 Å². The van der Waals surface area contributed by atoms with Crippen LogP contribution in [0.5, 0.6) is 5.75 Å². The van der Waals surface area contributed by atoms with E-state index in [-0.39, 0.29) is 5.91 Å². The highest BCUT2D eigenvalue weighted by Gasteiger charge is 2.20. The molecule has 0 atom stereocenters. The van der Waals surface area contributed by atoms with Gasteiger partial charge < -0.3 is 20.1 Å². The van der Waals surface area contributed by atoms with Gasteiger partial charge in [-0.2, -0.15) is 0 Å². The van der Waals surface area contributed by atoms with Crippen LogP contribution < -0.4 is 20.7 Å². The van der Waals surface area contributed by atoms with E-state index in [0.717, 1.165) is 34.6 Å². The molecule has 0 aliphatic carbocycles. The molecule has 1 amide bonds. The molecule has 3 N–H and O–H groups in total. The third kappa shape index (κ3) is 3.66. The van der Waals surface area contributed by atoms with Gasteiger partial charge in [-0.1, -0.05) is 23.5 Å². The Morgan fingerprint density at radius 2 is 2.00 bits per heavy atom. The lowest BCUT2D eigenvalue weighted by atomic mass is 10.1. The summed E-state index contributed by atoms with van der Waals surface area (Å²) in [5.41, 5.74) is 9.00. The van der Waals surface area contributed by atoms with Crippen LogP contribution in [-0.4, -0.2) is 44.3 Å². The van der Waals surface area contributed by atoms with Crippen molar-refractivity contribution in [2.75, 3.05) is 43.6 Å². The Bertz CT molecular complexity index is 981. The SMILES string of the molecule is COc1ccc(N2CCOCC2)c2sc(NC(=O)c3ccc(CN)cc3)nc12. The number of aromatic nitrogens is 1. The van der Waals surface area contributed by atoms with E-state index in [4.69, 9.17) is 15.2 Å². The molecule has 3 aromatic rings. The van der Waals surface area contributed by atoms with Crippen molar-refractivity contribution in [3.05, 3.63) is 47.5 Å². The van der Waals surface area contributed by atoms with Crippen molar-refractivity contribution in [2.45, 2.75) is 6.54 Å². The van der Waals surface area contributed by atoms with Gasteiger partial charge >= 0.3 is 0 Å². The number of amides is 1. The van der Waals surface area contributed by atoms with Crippen molar-refractivity contribution in [3.8, 4) is 5.75 Å².